The minimum absolute atomic E-state index is 0.0665. The minimum atomic E-state index is -0.435. The number of hydrogen-bond acceptors (Lipinski definition) is 5. The van der Waals surface area contributed by atoms with Crippen molar-refractivity contribution in [3.05, 3.63) is 53.6 Å². The Morgan fingerprint density at radius 3 is 2.83 bits per heavy atom. The average molecular weight is 326 g/mol. The van der Waals surface area contributed by atoms with Crippen molar-refractivity contribution in [2.75, 3.05) is 6.79 Å². The molecule has 0 aromatic heterocycles. The Morgan fingerprint density at radius 1 is 1.21 bits per heavy atom. The number of fused-ring (bicyclic) bond motifs is 1. The predicted molar refractivity (Wildman–Crippen MR) is 89.6 cm³/mol. The fourth-order valence-corrected chi connectivity index (χ4v) is 2.35. The quantitative estimate of drug-likeness (QED) is 0.654. The van der Waals surface area contributed by atoms with Crippen LogP contribution < -0.4 is 14.9 Å². The largest absolute Gasteiger partial charge is 0.507 e. The lowest BCUT2D eigenvalue weighted by Gasteiger charge is -2.05. The van der Waals surface area contributed by atoms with E-state index in [-0.39, 0.29) is 18.1 Å². The van der Waals surface area contributed by atoms with Gasteiger partial charge in [-0.05, 0) is 49.6 Å². The Labute approximate surface area is 139 Å². The lowest BCUT2D eigenvalue weighted by atomic mass is 10.1. The van der Waals surface area contributed by atoms with E-state index in [0.29, 0.717) is 6.42 Å². The third-order valence-electron chi connectivity index (χ3n) is 3.71. The molecule has 0 saturated heterocycles. The maximum atomic E-state index is 12.0. The fraction of sp³-hybridized carbons (Fsp3) is 0.222. The highest BCUT2D eigenvalue weighted by molar-refractivity contribution is 5.97. The van der Waals surface area contributed by atoms with E-state index in [4.69, 9.17) is 9.47 Å². The van der Waals surface area contributed by atoms with Gasteiger partial charge in [0, 0.05) is 5.71 Å². The number of aromatic hydroxyl groups is 1. The molecule has 2 aromatic rings. The number of ether oxygens (including phenoxy) is 2. The number of amides is 1. The molecular weight excluding hydrogens is 308 g/mol. The van der Waals surface area contributed by atoms with Gasteiger partial charge in [0.2, 0.25) is 6.79 Å². The first-order valence-corrected chi connectivity index (χ1v) is 7.63. The second-order valence-electron chi connectivity index (χ2n) is 5.49. The molecule has 24 heavy (non-hydrogen) atoms. The van der Waals surface area contributed by atoms with Crippen LogP contribution in [-0.4, -0.2) is 23.5 Å². The van der Waals surface area contributed by atoms with Crippen LogP contribution in [0.2, 0.25) is 0 Å². The summed E-state index contributed by atoms with van der Waals surface area (Å²) in [5.41, 5.74) is 4.56. The molecule has 0 aliphatic carbocycles. The Bertz CT molecular complexity index is 786. The van der Waals surface area contributed by atoms with Crippen LogP contribution in [0.5, 0.6) is 17.2 Å². The molecule has 6 heteroatoms. The molecule has 2 N–H and O–H groups in total. The maximum absolute atomic E-state index is 12.0. The van der Waals surface area contributed by atoms with E-state index >= 15 is 0 Å². The van der Waals surface area contributed by atoms with Crippen LogP contribution in [0.25, 0.3) is 0 Å². The number of nitrogens with zero attached hydrogens (tertiary/aromatic N) is 1. The molecule has 0 saturated carbocycles. The number of para-hydroxylation sites is 1. The summed E-state index contributed by atoms with van der Waals surface area (Å²) in [6.45, 7) is 2.11. The van der Waals surface area contributed by atoms with Crippen molar-refractivity contribution in [1.29, 1.82) is 0 Å². The lowest BCUT2D eigenvalue weighted by Crippen LogP contribution is -2.19. The number of phenols is 1. The zero-order chi connectivity index (χ0) is 16.9. The summed E-state index contributed by atoms with van der Waals surface area (Å²) in [6.07, 6.45) is 1.47. The Kier molecular flexibility index (Phi) is 4.65. The van der Waals surface area contributed by atoms with Crippen molar-refractivity contribution in [2.24, 2.45) is 5.10 Å². The fourth-order valence-electron chi connectivity index (χ4n) is 2.35. The summed E-state index contributed by atoms with van der Waals surface area (Å²) in [5, 5.41) is 13.7. The van der Waals surface area contributed by atoms with Crippen LogP contribution in [0.3, 0.4) is 0 Å². The highest BCUT2D eigenvalue weighted by atomic mass is 16.7. The van der Waals surface area contributed by atoms with Gasteiger partial charge in [0.15, 0.2) is 11.5 Å². The molecule has 0 radical (unpaired) electrons. The molecule has 0 fully saturated rings. The molecule has 3 rings (SSSR count). The first kappa shape index (κ1) is 15.9. The van der Waals surface area contributed by atoms with Crippen LogP contribution in [0.1, 0.15) is 29.3 Å². The van der Waals surface area contributed by atoms with Crippen LogP contribution in [-0.2, 0) is 6.42 Å². The summed E-state index contributed by atoms with van der Waals surface area (Å²) in [7, 11) is 0. The van der Waals surface area contributed by atoms with Gasteiger partial charge in [-0.3, -0.25) is 4.79 Å². The number of aryl methyl sites for hydroxylation is 1. The monoisotopic (exact) mass is 326 g/mol. The Morgan fingerprint density at radius 2 is 2.00 bits per heavy atom. The van der Waals surface area contributed by atoms with E-state index in [0.717, 1.165) is 29.2 Å². The Balaban J connectivity index is 1.55. The molecule has 6 nitrogen and oxygen atoms in total. The normalized spacial score (nSPS) is 13.0. The molecule has 1 heterocycles. The average Bonchev–Trinajstić information content (AvgIpc) is 3.06. The number of rotatable bonds is 5. The zero-order valence-electron chi connectivity index (χ0n) is 13.3. The lowest BCUT2D eigenvalue weighted by molar-refractivity contribution is 0.0952. The summed E-state index contributed by atoms with van der Waals surface area (Å²) in [4.78, 5) is 12.0. The minimum Gasteiger partial charge on any atom is -0.507 e. The molecule has 2 aromatic carbocycles. The van der Waals surface area contributed by atoms with Crippen molar-refractivity contribution < 1.29 is 19.4 Å². The smallest absolute Gasteiger partial charge is 0.275 e. The first-order chi connectivity index (χ1) is 11.6. The number of benzene rings is 2. The number of carbonyl (C=O) groups excluding carboxylic acids is 1. The maximum Gasteiger partial charge on any atom is 0.275 e. The van der Waals surface area contributed by atoms with E-state index in [9.17, 15) is 9.90 Å². The van der Waals surface area contributed by atoms with Crippen LogP contribution >= 0.6 is 0 Å². The summed E-state index contributed by atoms with van der Waals surface area (Å²) in [6, 6.07) is 12.2. The van der Waals surface area contributed by atoms with Gasteiger partial charge in [-0.2, -0.15) is 5.10 Å². The molecule has 1 aliphatic rings. The highest BCUT2D eigenvalue weighted by Crippen LogP contribution is 2.32. The van der Waals surface area contributed by atoms with Gasteiger partial charge < -0.3 is 14.6 Å². The van der Waals surface area contributed by atoms with E-state index in [1.807, 2.05) is 25.1 Å². The van der Waals surface area contributed by atoms with Gasteiger partial charge in [-0.15, -0.1) is 0 Å². The Hall–Kier alpha value is -3.02. The highest BCUT2D eigenvalue weighted by Gasteiger charge is 2.13. The van der Waals surface area contributed by atoms with Crippen LogP contribution in [0, 0.1) is 0 Å². The molecule has 0 atom stereocenters. The number of hydrazone groups is 1. The van der Waals surface area contributed by atoms with E-state index in [1.54, 1.807) is 18.2 Å². The number of carbonyl (C=O) groups is 1. The molecule has 1 aliphatic heterocycles. The summed E-state index contributed by atoms with van der Waals surface area (Å²) in [5.74, 6) is 1.02. The third-order valence-corrected chi connectivity index (χ3v) is 3.71. The van der Waals surface area contributed by atoms with Gasteiger partial charge in [-0.25, -0.2) is 5.43 Å². The number of phenolic OH excluding ortho intramolecular Hbond substituents is 1. The molecule has 1 amide bonds. The van der Waals surface area contributed by atoms with Gasteiger partial charge in [0.25, 0.3) is 5.91 Å². The van der Waals surface area contributed by atoms with E-state index in [1.165, 1.54) is 6.07 Å². The number of nitrogens with one attached hydrogen (secondary N) is 1. The molecule has 0 unspecified atom stereocenters. The molecular formula is C18H18N2O4. The molecule has 124 valence electrons. The topological polar surface area (TPSA) is 80.2 Å². The van der Waals surface area contributed by atoms with E-state index in [2.05, 4.69) is 10.5 Å². The predicted octanol–water partition coefficient (Wildman–Crippen LogP) is 2.86. The number of hydrogen-bond donors (Lipinski definition) is 2. The molecule has 0 bridgehead atoms. The van der Waals surface area contributed by atoms with Crippen LogP contribution in [0.15, 0.2) is 47.6 Å². The standard InChI is InChI=1S/C18H18N2O4/c1-12(19-20-18(22)14-4-2-3-5-15(14)21)6-7-13-8-9-16-17(10-13)24-11-23-16/h2-5,8-10,21H,6-7,11H2,1H3,(H,20,22)/b19-12+. The molecule has 0 spiro atoms. The first-order valence-electron chi connectivity index (χ1n) is 7.63. The SMILES string of the molecule is C/C(CCc1ccc2c(c1)OCO2)=N\NC(=O)c1ccccc1O. The summed E-state index contributed by atoms with van der Waals surface area (Å²) < 4.78 is 10.6. The second kappa shape index (κ2) is 7.04. The third kappa shape index (κ3) is 3.65. The van der Waals surface area contributed by atoms with Crippen molar-refractivity contribution in [2.45, 2.75) is 19.8 Å². The van der Waals surface area contributed by atoms with E-state index < -0.39 is 5.91 Å². The van der Waals surface area contributed by atoms with Crippen LogP contribution in [0.4, 0.5) is 0 Å². The second-order valence-corrected chi connectivity index (χ2v) is 5.49. The van der Waals surface area contributed by atoms with Gasteiger partial charge in [0.1, 0.15) is 5.75 Å². The van der Waals surface area contributed by atoms with Crippen molar-refractivity contribution in [3.8, 4) is 17.2 Å². The summed E-state index contributed by atoms with van der Waals surface area (Å²) >= 11 is 0. The van der Waals surface area contributed by atoms with Gasteiger partial charge >= 0.3 is 0 Å². The zero-order valence-corrected chi connectivity index (χ0v) is 13.3. The van der Waals surface area contributed by atoms with Crippen molar-refractivity contribution >= 4 is 11.6 Å². The van der Waals surface area contributed by atoms with Gasteiger partial charge in [-0.1, -0.05) is 18.2 Å². The van der Waals surface area contributed by atoms with Crippen molar-refractivity contribution in [3.63, 3.8) is 0 Å². The van der Waals surface area contributed by atoms with Crippen molar-refractivity contribution in [1.82, 2.24) is 5.43 Å². The van der Waals surface area contributed by atoms with Gasteiger partial charge in [0.05, 0.1) is 5.56 Å².